The van der Waals surface area contributed by atoms with Crippen LogP contribution in [0.4, 0.5) is 10.1 Å². The molecule has 2 aromatic carbocycles. The van der Waals surface area contributed by atoms with Crippen LogP contribution >= 0.6 is 23.4 Å². The standard InChI is InChI=1S/C16H15ClFNOS/c1-20-15-9-10(5-6-12(15)17)19-14-7-8-21-16-11(14)3-2-4-13(16)18/h2-6,9,14,19H,7-8H2,1H3. The minimum absolute atomic E-state index is 0.0998. The van der Waals surface area contributed by atoms with Crippen LogP contribution in [0.1, 0.15) is 18.0 Å². The Labute approximate surface area is 132 Å². The lowest BCUT2D eigenvalue weighted by atomic mass is 10.0. The number of anilines is 1. The summed E-state index contributed by atoms with van der Waals surface area (Å²) in [6.07, 6.45) is 0.950. The van der Waals surface area contributed by atoms with Crippen molar-refractivity contribution in [3.63, 3.8) is 0 Å². The van der Waals surface area contributed by atoms with Crippen molar-refractivity contribution in [3.8, 4) is 5.75 Å². The lowest BCUT2D eigenvalue weighted by molar-refractivity contribution is 0.415. The number of ether oxygens (including phenoxy) is 1. The Bertz CT molecular complexity index is 665. The van der Waals surface area contributed by atoms with E-state index in [4.69, 9.17) is 16.3 Å². The maximum atomic E-state index is 13.9. The summed E-state index contributed by atoms with van der Waals surface area (Å²) < 4.78 is 19.1. The Kier molecular flexibility index (Phi) is 4.27. The van der Waals surface area contributed by atoms with Gasteiger partial charge in [0, 0.05) is 22.4 Å². The van der Waals surface area contributed by atoms with Gasteiger partial charge in [-0.2, -0.15) is 0 Å². The number of nitrogens with one attached hydrogen (secondary N) is 1. The van der Waals surface area contributed by atoms with Gasteiger partial charge in [-0.3, -0.25) is 0 Å². The molecule has 0 bridgehead atoms. The lowest BCUT2D eigenvalue weighted by Gasteiger charge is -2.27. The van der Waals surface area contributed by atoms with Crippen LogP contribution in [-0.4, -0.2) is 12.9 Å². The van der Waals surface area contributed by atoms with Gasteiger partial charge in [-0.1, -0.05) is 23.7 Å². The molecule has 1 atom stereocenters. The van der Waals surface area contributed by atoms with Crippen LogP contribution in [0, 0.1) is 5.82 Å². The minimum Gasteiger partial charge on any atom is -0.495 e. The van der Waals surface area contributed by atoms with Crippen molar-refractivity contribution in [2.45, 2.75) is 17.4 Å². The molecule has 3 rings (SSSR count). The van der Waals surface area contributed by atoms with Crippen molar-refractivity contribution in [2.24, 2.45) is 0 Å². The van der Waals surface area contributed by atoms with E-state index in [1.807, 2.05) is 18.2 Å². The molecule has 0 saturated heterocycles. The second-order valence-electron chi connectivity index (χ2n) is 4.84. The van der Waals surface area contributed by atoms with E-state index in [1.54, 1.807) is 31.0 Å². The summed E-state index contributed by atoms with van der Waals surface area (Å²) in [5.74, 6) is 1.39. The Balaban J connectivity index is 1.88. The highest BCUT2D eigenvalue weighted by Crippen LogP contribution is 2.40. The molecule has 0 saturated carbocycles. The zero-order chi connectivity index (χ0) is 14.8. The summed E-state index contributed by atoms with van der Waals surface area (Å²) in [6.45, 7) is 0. The van der Waals surface area contributed by atoms with Crippen molar-refractivity contribution in [3.05, 3.63) is 52.8 Å². The molecule has 1 aliphatic heterocycles. The highest BCUT2D eigenvalue weighted by Gasteiger charge is 2.23. The van der Waals surface area contributed by atoms with Crippen LogP contribution in [0.25, 0.3) is 0 Å². The fraction of sp³-hybridized carbons (Fsp3) is 0.250. The molecule has 5 heteroatoms. The van der Waals surface area contributed by atoms with Crippen molar-refractivity contribution in [1.82, 2.24) is 0 Å². The number of fused-ring (bicyclic) bond motifs is 1. The van der Waals surface area contributed by atoms with Crippen molar-refractivity contribution < 1.29 is 9.13 Å². The third kappa shape index (κ3) is 2.97. The number of benzene rings is 2. The van der Waals surface area contributed by atoms with E-state index < -0.39 is 0 Å². The summed E-state index contributed by atoms with van der Waals surface area (Å²) in [4.78, 5) is 0.752. The largest absolute Gasteiger partial charge is 0.495 e. The number of halogens is 2. The van der Waals surface area contributed by atoms with Crippen molar-refractivity contribution in [2.75, 3.05) is 18.2 Å². The van der Waals surface area contributed by atoms with E-state index in [-0.39, 0.29) is 11.9 Å². The van der Waals surface area contributed by atoms with E-state index in [0.29, 0.717) is 10.8 Å². The van der Waals surface area contributed by atoms with E-state index >= 15 is 0 Å². The quantitative estimate of drug-likeness (QED) is 0.845. The predicted octanol–water partition coefficient (Wildman–Crippen LogP) is 5.14. The maximum Gasteiger partial charge on any atom is 0.139 e. The van der Waals surface area contributed by atoms with Gasteiger partial charge < -0.3 is 10.1 Å². The fourth-order valence-corrected chi connectivity index (χ4v) is 3.82. The first-order valence-electron chi connectivity index (χ1n) is 6.70. The molecular weight excluding hydrogens is 309 g/mol. The van der Waals surface area contributed by atoms with Crippen molar-refractivity contribution >= 4 is 29.1 Å². The molecule has 0 aliphatic carbocycles. The van der Waals surface area contributed by atoms with Gasteiger partial charge in [-0.25, -0.2) is 4.39 Å². The van der Waals surface area contributed by atoms with Crippen LogP contribution in [0.3, 0.4) is 0 Å². The molecule has 0 spiro atoms. The van der Waals surface area contributed by atoms with Crippen LogP contribution < -0.4 is 10.1 Å². The van der Waals surface area contributed by atoms with Gasteiger partial charge in [0.25, 0.3) is 0 Å². The molecule has 1 unspecified atom stereocenters. The van der Waals surface area contributed by atoms with E-state index in [2.05, 4.69) is 5.32 Å². The van der Waals surface area contributed by atoms with Gasteiger partial charge in [0.05, 0.1) is 18.2 Å². The molecule has 2 aromatic rings. The minimum atomic E-state index is -0.141. The average Bonchev–Trinajstić information content (AvgIpc) is 2.50. The zero-order valence-corrected chi connectivity index (χ0v) is 13.1. The number of hydrogen-bond acceptors (Lipinski definition) is 3. The Hall–Kier alpha value is -1.39. The molecule has 1 N–H and O–H groups in total. The first kappa shape index (κ1) is 14.5. The number of thioether (sulfide) groups is 1. The fourth-order valence-electron chi connectivity index (χ4n) is 2.49. The van der Waals surface area contributed by atoms with Gasteiger partial charge in [-0.05, 0) is 30.2 Å². The first-order chi connectivity index (χ1) is 10.2. The molecule has 0 fully saturated rings. The second kappa shape index (κ2) is 6.16. The van der Waals surface area contributed by atoms with Gasteiger partial charge >= 0.3 is 0 Å². The SMILES string of the molecule is COc1cc(NC2CCSc3c(F)cccc32)ccc1Cl. The molecular formula is C16H15ClFNOS. The summed E-state index contributed by atoms with van der Waals surface area (Å²) in [5.41, 5.74) is 1.93. The van der Waals surface area contributed by atoms with Gasteiger partial charge in [0.15, 0.2) is 0 Å². The molecule has 1 heterocycles. The summed E-state index contributed by atoms with van der Waals surface area (Å²) >= 11 is 7.61. The Morgan fingerprint density at radius 1 is 1.33 bits per heavy atom. The smallest absolute Gasteiger partial charge is 0.139 e. The summed E-state index contributed by atoms with van der Waals surface area (Å²) in [7, 11) is 1.59. The Morgan fingerprint density at radius 3 is 3.00 bits per heavy atom. The third-order valence-electron chi connectivity index (χ3n) is 3.52. The van der Waals surface area contributed by atoms with E-state index in [1.165, 1.54) is 6.07 Å². The molecule has 1 aliphatic rings. The molecule has 110 valence electrons. The highest BCUT2D eigenvalue weighted by molar-refractivity contribution is 7.99. The van der Waals surface area contributed by atoms with Crippen LogP contribution in [0.2, 0.25) is 5.02 Å². The third-order valence-corrected chi connectivity index (χ3v) is 4.99. The predicted molar refractivity (Wildman–Crippen MR) is 86.1 cm³/mol. The molecule has 21 heavy (non-hydrogen) atoms. The zero-order valence-electron chi connectivity index (χ0n) is 11.5. The van der Waals surface area contributed by atoms with Gasteiger partial charge in [-0.15, -0.1) is 11.8 Å². The van der Waals surface area contributed by atoms with Crippen LogP contribution in [0.5, 0.6) is 5.75 Å². The highest BCUT2D eigenvalue weighted by atomic mass is 35.5. The number of methoxy groups -OCH3 is 1. The number of hydrogen-bond donors (Lipinski definition) is 1. The summed E-state index contributed by atoms with van der Waals surface area (Å²) in [6, 6.07) is 10.9. The normalized spacial score (nSPS) is 17.2. The molecule has 0 amide bonds. The van der Waals surface area contributed by atoms with E-state index in [0.717, 1.165) is 28.3 Å². The summed E-state index contributed by atoms with van der Waals surface area (Å²) in [5, 5.41) is 4.03. The van der Waals surface area contributed by atoms with Crippen LogP contribution in [0.15, 0.2) is 41.3 Å². The van der Waals surface area contributed by atoms with Crippen molar-refractivity contribution in [1.29, 1.82) is 0 Å². The van der Waals surface area contributed by atoms with Gasteiger partial charge in [0.2, 0.25) is 0 Å². The first-order valence-corrected chi connectivity index (χ1v) is 8.06. The molecule has 0 aromatic heterocycles. The lowest BCUT2D eigenvalue weighted by Crippen LogP contribution is -2.16. The maximum absolute atomic E-state index is 13.9. The Morgan fingerprint density at radius 2 is 2.19 bits per heavy atom. The molecule has 0 radical (unpaired) electrons. The van der Waals surface area contributed by atoms with E-state index in [9.17, 15) is 4.39 Å². The topological polar surface area (TPSA) is 21.3 Å². The number of rotatable bonds is 3. The molecule has 2 nitrogen and oxygen atoms in total. The van der Waals surface area contributed by atoms with Crippen LogP contribution in [-0.2, 0) is 0 Å². The van der Waals surface area contributed by atoms with Gasteiger partial charge in [0.1, 0.15) is 11.6 Å². The monoisotopic (exact) mass is 323 g/mol. The average molecular weight is 324 g/mol. The second-order valence-corrected chi connectivity index (χ2v) is 6.35.